The summed E-state index contributed by atoms with van der Waals surface area (Å²) in [5.74, 6) is 0.557. The molecule has 6 heteroatoms. The molecule has 1 aliphatic rings. The first-order chi connectivity index (χ1) is 16.2. The van der Waals surface area contributed by atoms with Crippen LogP contribution in [-0.4, -0.2) is 21.3 Å². The zero-order valence-corrected chi connectivity index (χ0v) is 19.8. The van der Waals surface area contributed by atoms with Gasteiger partial charge in [-0.05, 0) is 85.9 Å². The minimum atomic E-state index is 0.148. The molecule has 0 aliphatic heterocycles. The summed E-state index contributed by atoms with van der Waals surface area (Å²) in [5.41, 5.74) is 5.48. The molecule has 4 nitrogen and oxygen atoms in total. The Bertz CT molecular complexity index is 1300. The summed E-state index contributed by atoms with van der Waals surface area (Å²) in [6.07, 6.45) is 4.41. The number of thiocarbonyl (C=S) groups is 1. The molecule has 4 aromatic rings. The van der Waals surface area contributed by atoms with Gasteiger partial charge in [-0.1, -0.05) is 36.4 Å². The van der Waals surface area contributed by atoms with Crippen LogP contribution in [0.25, 0.3) is 10.9 Å². The van der Waals surface area contributed by atoms with E-state index in [1.807, 2.05) is 65.2 Å². The third kappa shape index (κ3) is 4.82. The summed E-state index contributed by atoms with van der Waals surface area (Å²) in [6.45, 7) is 0. The standard InChI is InChI=1S/C27H25N3OS2/c31-26(30-24-12-6-4-10-22(24)23-11-5-7-13-25(23)30)18-33-21-16-14-20(15-17-21)29-27(32)28-19-8-2-1-3-9-19/h1-4,6,8-10,12,14-17H,5,7,11,13,18H2,(H2,28,29,32). The van der Waals surface area contributed by atoms with Gasteiger partial charge < -0.3 is 10.6 Å². The zero-order valence-electron chi connectivity index (χ0n) is 18.2. The Balaban J connectivity index is 1.23. The molecular formula is C27H25N3OS2. The molecule has 33 heavy (non-hydrogen) atoms. The lowest BCUT2D eigenvalue weighted by Gasteiger charge is -2.15. The number of thioether (sulfide) groups is 1. The highest BCUT2D eigenvalue weighted by molar-refractivity contribution is 8.00. The molecule has 2 N–H and O–H groups in total. The van der Waals surface area contributed by atoms with E-state index in [1.165, 1.54) is 23.1 Å². The monoisotopic (exact) mass is 471 g/mol. The molecule has 1 heterocycles. The van der Waals surface area contributed by atoms with Crippen LogP contribution < -0.4 is 10.6 Å². The van der Waals surface area contributed by atoms with Crippen molar-refractivity contribution in [2.45, 2.75) is 30.6 Å². The van der Waals surface area contributed by atoms with Gasteiger partial charge in [-0.3, -0.25) is 9.36 Å². The van der Waals surface area contributed by atoms with E-state index in [0.717, 1.165) is 41.0 Å². The van der Waals surface area contributed by atoms with Gasteiger partial charge in [0.2, 0.25) is 5.91 Å². The molecule has 0 spiro atoms. The number of hydrogen-bond donors (Lipinski definition) is 2. The van der Waals surface area contributed by atoms with Crippen LogP contribution in [0.3, 0.4) is 0 Å². The van der Waals surface area contributed by atoms with Gasteiger partial charge in [0.1, 0.15) is 0 Å². The van der Waals surface area contributed by atoms with Gasteiger partial charge in [-0.2, -0.15) is 0 Å². The average molecular weight is 472 g/mol. The summed E-state index contributed by atoms with van der Waals surface area (Å²) in [7, 11) is 0. The quantitative estimate of drug-likeness (QED) is 0.249. The van der Waals surface area contributed by atoms with Gasteiger partial charge >= 0.3 is 0 Å². The number of benzene rings is 3. The Kier molecular flexibility index (Phi) is 6.46. The van der Waals surface area contributed by atoms with E-state index in [1.54, 1.807) is 11.8 Å². The highest BCUT2D eigenvalue weighted by atomic mass is 32.2. The van der Waals surface area contributed by atoms with Crippen LogP contribution in [0.2, 0.25) is 0 Å². The highest BCUT2D eigenvalue weighted by Gasteiger charge is 2.23. The molecule has 1 aliphatic carbocycles. The number of nitrogens with one attached hydrogen (secondary N) is 2. The molecule has 3 aromatic carbocycles. The highest BCUT2D eigenvalue weighted by Crippen LogP contribution is 2.32. The lowest BCUT2D eigenvalue weighted by atomic mass is 9.96. The lowest BCUT2D eigenvalue weighted by Crippen LogP contribution is -2.19. The smallest absolute Gasteiger partial charge is 0.241 e. The van der Waals surface area contributed by atoms with Crippen LogP contribution >= 0.6 is 24.0 Å². The fraction of sp³-hybridized carbons (Fsp3) is 0.185. The van der Waals surface area contributed by atoms with Crippen LogP contribution in [0.15, 0.2) is 83.8 Å². The first kappa shape index (κ1) is 21.7. The molecule has 1 aromatic heterocycles. The van der Waals surface area contributed by atoms with Crippen molar-refractivity contribution in [3.8, 4) is 0 Å². The minimum absolute atomic E-state index is 0.148. The van der Waals surface area contributed by atoms with Crippen LogP contribution in [0.5, 0.6) is 0 Å². The molecule has 0 atom stereocenters. The fourth-order valence-corrected chi connectivity index (χ4v) is 5.42. The first-order valence-corrected chi connectivity index (χ1v) is 12.6. The molecule has 0 fully saturated rings. The van der Waals surface area contributed by atoms with Crippen molar-refractivity contribution >= 4 is 57.3 Å². The molecule has 166 valence electrons. The molecule has 5 rings (SSSR count). The Morgan fingerprint density at radius 1 is 0.848 bits per heavy atom. The van der Waals surface area contributed by atoms with Gasteiger partial charge in [-0.15, -0.1) is 11.8 Å². The summed E-state index contributed by atoms with van der Waals surface area (Å²) in [4.78, 5) is 14.3. The average Bonchev–Trinajstić information content (AvgIpc) is 3.19. The Morgan fingerprint density at radius 3 is 2.30 bits per heavy atom. The molecule has 0 unspecified atom stereocenters. The largest absolute Gasteiger partial charge is 0.332 e. The second kappa shape index (κ2) is 9.81. The SMILES string of the molecule is O=C(CSc1ccc(NC(=S)Nc2ccccc2)cc1)n1c2c(c3ccccc31)CCCC2. The number of aryl methyl sites for hydroxylation is 1. The summed E-state index contributed by atoms with van der Waals surface area (Å²) in [6, 6.07) is 26.2. The summed E-state index contributed by atoms with van der Waals surface area (Å²) in [5, 5.41) is 8.15. The third-order valence-electron chi connectivity index (χ3n) is 5.93. The lowest BCUT2D eigenvalue weighted by molar-refractivity contribution is 0.0943. The number of fused-ring (bicyclic) bond motifs is 3. The molecule has 0 saturated carbocycles. The predicted octanol–water partition coefficient (Wildman–Crippen LogP) is 6.76. The molecule has 0 bridgehead atoms. The Hall–Kier alpha value is -3.09. The van der Waals surface area contributed by atoms with Crippen molar-refractivity contribution in [1.29, 1.82) is 0 Å². The predicted molar refractivity (Wildman–Crippen MR) is 143 cm³/mol. The number of carbonyl (C=O) groups is 1. The maximum absolute atomic E-state index is 13.3. The Labute approximate surface area is 203 Å². The van der Waals surface area contributed by atoms with Crippen LogP contribution in [0.4, 0.5) is 11.4 Å². The molecule has 0 radical (unpaired) electrons. The molecule has 0 saturated heterocycles. The van der Waals surface area contributed by atoms with Gasteiger partial charge in [0.15, 0.2) is 5.11 Å². The first-order valence-electron chi connectivity index (χ1n) is 11.2. The molecular weight excluding hydrogens is 446 g/mol. The van der Waals surface area contributed by atoms with Gasteiger partial charge in [0.25, 0.3) is 0 Å². The Morgan fingerprint density at radius 2 is 1.52 bits per heavy atom. The van der Waals surface area contributed by atoms with Crippen molar-refractivity contribution in [3.05, 3.63) is 90.1 Å². The summed E-state index contributed by atoms with van der Waals surface area (Å²) < 4.78 is 1.97. The minimum Gasteiger partial charge on any atom is -0.332 e. The van der Waals surface area contributed by atoms with E-state index in [2.05, 4.69) is 28.8 Å². The van der Waals surface area contributed by atoms with Crippen molar-refractivity contribution in [1.82, 2.24) is 4.57 Å². The second-order valence-electron chi connectivity index (χ2n) is 8.14. The van der Waals surface area contributed by atoms with E-state index in [9.17, 15) is 4.79 Å². The zero-order chi connectivity index (χ0) is 22.6. The fourth-order valence-electron chi connectivity index (χ4n) is 4.44. The van der Waals surface area contributed by atoms with Crippen LogP contribution in [0, 0.1) is 0 Å². The maximum atomic E-state index is 13.3. The van der Waals surface area contributed by atoms with Crippen molar-refractivity contribution < 1.29 is 4.79 Å². The number of para-hydroxylation sites is 2. The number of rotatable bonds is 5. The number of nitrogens with zero attached hydrogens (tertiary/aromatic N) is 1. The third-order valence-corrected chi connectivity index (χ3v) is 7.14. The van der Waals surface area contributed by atoms with Gasteiger partial charge in [-0.25, -0.2) is 0 Å². The van der Waals surface area contributed by atoms with Crippen molar-refractivity contribution in [3.63, 3.8) is 0 Å². The van der Waals surface area contributed by atoms with E-state index >= 15 is 0 Å². The second-order valence-corrected chi connectivity index (χ2v) is 9.59. The van der Waals surface area contributed by atoms with Crippen LogP contribution in [0.1, 0.15) is 28.9 Å². The maximum Gasteiger partial charge on any atom is 0.241 e. The number of anilines is 2. The van der Waals surface area contributed by atoms with Crippen LogP contribution in [-0.2, 0) is 12.8 Å². The van der Waals surface area contributed by atoms with Crippen molar-refractivity contribution in [2.24, 2.45) is 0 Å². The van der Waals surface area contributed by atoms with E-state index in [-0.39, 0.29) is 5.91 Å². The van der Waals surface area contributed by atoms with E-state index in [4.69, 9.17) is 12.2 Å². The van der Waals surface area contributed by atoms with Gasteiger partial charge in [0, 0.05) is 27.4 Å². The van der Waals surface area contributed by atoms with E-state index in [0.29, 0.717) is 10.9 Å². The van der Waals surface area contributed by atoms with Crippen molar-refractivity contribution in [2.75, 3.05) is 16.4 Å². The molecule has 0 amide bonds. The number of aromatic nitrogens is 1. The number of hydrogen-bond acceptors (Lipinski definition) is 3. The summed E-state index contributed by atoms with van der Waals surface area (Å²) >= 11 is 6.96. The topological polar surface area (TPSA) is 46.1 Å². The van der Waals surface area contributed by atoms with Gasteiger partial charge in [0.05, 0.1) is 11.3 Å². The van der Waals surface area contributed by atoms with E-state index < -0.39 is 0 Å². The normalized spacial score (nSPS) is 12.8. The number of carbonyl (C=O) groups excluding carboxylic acids is 1.